The Morgan fingerprint density at radius 2 is 2.00 bits per heavy atom. The number of nitrogens with one attached hydrogen (secondary N) is 1. The SMILES string of the molecule is Cc1ccc(F)cc1CNc1ccc(Cl)cc1Br. The number of hydrogen-bond acceptors (Lipinski definition) is 1. The largest absolute Gasteiger partial charge is 0.380 e. The van der Waals surface area contributed by atoms with Crippen LogP contribution in [0.2, 0.25) is 5.02 Å². The van der Waals surface area contributed by atoms with Crippen molar-refractivity contribution in [2.75, 3.05) is 5.32 Å². The number of anilines is 1. The third-order valence-corrected chi connectivity index (χ3v) is 3.60. The second kappa shape index (κ2) is 5.72. The molecule has 0 spiro atoms. The van der Waals surface area contributed by atoms with Crippen LogP contribution in [0.1, 0.15) is 11.1 Å². The van der Waals surface area contributed by atoms with Gasteiger partial charge in [0.2, 0.25) is 0 Å². The number of aryl methyl sites for hydroxylation is 1. The van der Waals surface area contributed by atoms with E-state index in [0.717, 1.165) is 21.3 Å². The van der Waals surface area contributed by atoms with Crippen LogP contribution in [0.15, 0.2) is 40.9 Å². The van der Waals surface area contributed by atoms with E-state index in [1.807, 2.05) is 25.1 Å². The van der Waals surface area contributed by atoms with E-state index in [1.165, 1.54) is 6.07 Å². The Morgan fingerprint density at radius 1 is 1.22 bits per heavy atom. The summed E-state index contributed by atoms with van der Waals surface area (Å²) in [5, 5.41) is 3.93. The van der Waals surface area contributed by atoms with E-state index in [9.17, 15) is 4.39 Å². The summed E-state index contributed by atoms with van der Waals surface area (Å²) < 4.78 is 14.0. The zero-order valence-electron chi connectivity index (χ0n) is 9.81. The van der Waals surface area contributed by atoms with E-state index in [1.54, 1.807) is 12.1 Å². The summed E-state index contributed by atoms with van der Waals surface area (Å²) in [4.78, 5) is 0. The first kappa shape index (κ1) is 13.4. The summed E-state index contributed by atoms with van der Waals surface area (Å²) in [5.41, 5.74) is 2.94. The smallest absolute Gasteiger partial charge is 0.123 e. The molecule has 0 saturated carbocycles. The molecular formula is C14H12BrClFN. The van der Waals surface area contributed by atoms with Crippen molar-refractivity contribution in [3.8, 4) is 0 Å². The van der Waals surface area contributed by atoms with Crippen LogP contribution in [0.5, 0.6) is 0 Å². The predicted molar refractivity (Wildman–Crippen MR) is 77.6 cm³/mol. The van der Waals surface area contributed by atoms with Gasteiger partial charge in [-0.1, -0.05) is 17.7 Å². The lowest BCUT2D eigenvalue weighted by Gasteiger charge is -2.11. The van der Waals surface area contributed by atoms with Crippen LogP contribution in [0, 0.1) is 12.7 Å². The molecule has 2 aromatic carbocycles. The monoisotopic (exact) mass is 327 g/mol. The normalized spacial score (nSPS) is 10.4. The van der Waals surface area contributed by atoms with E-state index in [0.29, 0.717) is 11.6 Å². The Morgan fingerprint density at radius 3 is 2.72 bits per heavy atom. The Balaban J connectivity index is 2.13. The number of benzene rings is 2. The van der Waals surface area contributed by atoms with Gasteiger partial charge < -0.3 is 5.32 Å². The van der Waals surface area contributed by atoms with Gasteiger partial charge in [0.25, 0.3) is 0 Å². The van der Waals surface area contributed by atoms with Crippen LogP contribution >= 0.6 is 27.5 Å². The molecule has 0 unspecified atom stereocenters. The standard InChI is InChI=1S/C14H12BrClFN/c1-9-2-4-12(17)6-10(9)8-18-14-5-3-11(16)7-13(14)15/h2-7,18H,8H2,1H3. The highest BCUT2D eigenvalue weighted by Gasteiger charge is 2.03. The number of halogens is 3. The zero-order chi connectivity index (χ0) is 13.1. The molecule has 2 aromatic rings. The van der Waals surface area contributed by atoms with Crippen LogP contribution in [0.25, 0.3) is 0 Å². The number of hydrogen-bond donors (Lipinski definition) is 1. The van der Waals surface area contributed by atoms with Crippen LogP contribution in [0.3, 0.4) is 0 Å². The molecule has 0 atom stereocenters. The van der Waals surface area contributed by atoms with Crippen molar-refractivity contribution in [2.45, 2.75) is 13.5 Å². The summed E-state index contributed by atoms with van der Waals surface area (Å²) in [7, 11) is 0. The first-order valence-electron chi connectivity index (χ1n) is 5.50. The maximum atomic E-state index is 13.2. The molecule has 94 valence electrons. The van der Waals surface area contributed by atoms with Gasteiger partial charge in [0.05, 0.1) is 0 Å². The average molecular weight is 329 g/mol. The minimum atomic E-state index is -0.215. The molecule has 4 heteroatoms. The van der Waals surface area contributed by atoms with E-state index in [2.05, 4.69) is 21.2 Å². The van der Waals surface area contributed by atoms with Crippen LogP contribution in [0.4, 0.5) is 10.1 Å². The van der Waals surface area contributed by atoms with Crippen molar-refractivity contribution in [3.05, 3.63) is 62.8 Å². The average Bonchev–Trinajstić information content (AvgIpc) is 2.32. The molecule has 0 aliphatic carbocycles. The van der Waals surface area contributed by atoms with E-state index in [4.69, 9.17) is 11.6 Å². The second-order valence-electron chi connectivity index (χ2n) is 4.05. The van der Waals surface area contributed by atoms with Crippen molar-refractivity contribution in [1.82, 2.24) is 0 Å². The lowest BCUT2D eigenvalue weighted by molar-refractivity contribution is 0.625. The Labute approximate surface area is 119 Å². The predicted octanol–water partition coefficient (Wildman–Crippen LogP) is 5.16. The van der Waals surface area contributed by atoms with Crippen molar-refractivity contribution in [2.24, 2.45) is 0 Å². The summed E-state index contributed by atoms with van der Waals surface area (Å²) in [5.74, 6) is -0.215. The molecule has 1 nitrogen and oxygen atoms in total. The molecule has 1 N–H and O–H groups in total. The highest BCUT2D eigenvalue weighted by atomic mass is 79.9. The first-order chi connectivity index (χ1) is 8.56. The lowest BCUT2D eigenvalue weighted by atomic mass is 10.1. The highest BCUT2D eigenvalue weighted by molar-refractivity contribution is 9.10. The van der Waals surface area contributed by atoms with Gasteiger partial charge in [0, 0.05) is 21.7 Å². The van der Waals surface area contributed by atoms with Gasteiger partial charge in [-0.2, -0.15) is 0 Å². The molecule has 0 amide bonds. The Bertz CT molecular complexity index is 572. The van der Waals surface area contributed by atoms with Gasteiger partial charge in [0.1, 0.15) is 5.82 Å². The van der Waals surface area contributed by atoms with Crippen molar-refractivity contribution in [3.63, 3.8) is 0 Å². The van der Waals surface area contributed by atoms with E-state index >= 15 is 0 Å². The molecule has 0 radical (unpaired) electrons. The summed E-state index contributed by atoms with van der Waals surface area (Å²) >= 11 is 9.31. The molecule has 2 rings (SSSR count). The van der Waals surface area contributed by atoms with E-state index < -0.39 is 0 Å². The molecule has 18 heavy (non-hydrogen) atoms. The van der Waals surface area contributed by atoms with Gasteiger partial charge in [-0.15, -0.1) is 0 Å². The molecule has 0 aliphatic rings. The Hall–Kier alpha value is -1.06. The van der Waals surface area contributed by atoms with Crippen molar-refractivity contribution in [1.29, 1.82) is 0 Å². The van der Waals surface area contributed by atoms with Crippen LogP contribution in [-0.4, -0.2) is 0 Å². The highest BCUT2D eigenvalue weighted by Crippen LogP contribution is 2.26. The Kier molecular flexibility index (Phi) is 4.25. The maximum Gasteiger partial charge on any atom is 0.123 e. The molecule has 0 saturated heterocycles. The van der Waals surface area contributed by atoms with E-state index in [-0.39, 0.29) is 5.82 Å². The summed E-state index contributed by atoms with van der Waals surface area (Å²) in [6.07, 6.45) is 0. The van der Waals surface area contributed by atoms with Gasteiger partial charge >= 0.3 is 0 Å². The van der Waals surface area contributed by atoms with Crippen LogP contribution < -0.4 is 5.32 Å². The topological polar surface area (TPSA) is 12.0 Å². The van der Waals surface area contributed by atoms with Gasteiger partial charge in [-0.05, 0) is 64.3 Å². The molecule has 0 heterocycles. The second-order valence-corrected chi connectivity index (χ2v) is 5.34. The molecule has 0 aliphatic heterocycles. The first-order valence-corrected chi connectivity index (χ1v) is 6.67. The molecular weight excluding hydrogens is 317 g/mol. The molecule has 0 fully saturated rings. The summed E-state index contributed by atoms with van der Waals surface area (Å²) in [6.45, 7) is 2.54. The van der Waals surface area contributed by atoms with Crippen molar-refractivity contribution >= 4 is 33.2 Å². The fraction of sp³-hybridized carbons (Fsp3) is 0.143. The fourth-order valence-electron chi connectivity index (χ4n) is 1.65. The van der Waals surface area contributed by atoms with Gasteiger partial charge in [-0.3, -0.25) is 0 Å². The molecule has 0 bridgehead atoms. The van der Waals surface area contributed by atoms with Crippen LogP contribution in [-0.2, 0) is 6.54 Å². The lowest BCUT2D eigenvalue weighted by Crippen LogP contribution is -2.02. The maximum absolute atomic E-state index is 13.2. The minimum absolute atomic E-state index is 0.215. The van der Waals surface area contributed by atoms with Gasteiger partial charge in [-0.25, -0.2) is 4.39 Å². The summed E-state index contributed by atoms with van der Waals surface area (Å²) in [6, 6.07) is 10.3. The number of rotatable bonds is 3. The van der Waals surface area contributed by atoms with Crippen molar-refractivity contribution < 1.29 is 4.39 Å². The third-order valence-electron chi connectivity index (χ3n) is 2.71. The minimum Gasteiger partial charge on any atom is -0.380 e. The third kappa shape index (κ3) is 3.24. The zero-order valence-corrected chi connectivity index (χ0v) is 12.1. The van der Waals surface area contributed by atoms with Gasteiger partial charge in [0.15, 0.2) is 0 Å². The molecule has 0 aromatic heterocycles. The fourth-order valence-corrected chi connectivity index (χ4v) is 2.48. The quantitative estimate of drug-likeness (QED) is 0.820.